The van der Waals surface area contributed by atoms with Gasteiger partial charge in [-0.15, -0.1) is 0 Å². The van der Waals surface area contributed by atoms with Gasteiger partial charge in [0.05, 0.1) is 20.6 Å². The van der Waals surface area contributed by atoms with Crippen molar-refractivity contribution < 1.29 is 23.8 Å². The Balaban J connectivity index is 3.11. The predicted octanol–water partition coefficient (Wildman–Crippen LogP) is 1.32. The van der Waals surface area contributed by atoms with Crippen LogP contribution in [0.2, 0.25) is 0 Å². The quantitative estimate of drug-likeness (QED) is 0.815. The molecule has 17 heavy (non-hydrogen) atoms. The first kappa shape index (κ1) is 13.2. The first-order valence-electron chi connectivity index (χ1n) is 4.88. The fourth-order valence-corrected chi connectivity index (χ4v) is 1.45. The highest BCUT2D eigenvalue weighted by Crippen LogP contribution is 2.32. The minimum atomic E-state index is -1.09. The molecule has 1 aromatic carbocycles. The van der Waals surface area contributed by atoms with E-state index in [-0.39, 0.29) is 17.7 Å². The molecule has 0 aliphatic carbocycles. The lowest BCUT2D eigenvalue weighted by molar-refractivity contribution is -0.137. The van der Waals surface area contributed by atoms with Crippen molar-refractivity contribution in [1.82, 2.24) is 0 Å². The molecule has 3 N–H and O–H groups in total. The van der Waals surface area contributed by atoms with Crippen molar-refractivity contribution in [3.05, 3.63) is 23.5 Å². The smallest absolute Gasteiger partial charge is 0.305 e. The van der Waals surface area contributed by atoms with E-state index in [2.05, 4.69) is 0 Å². The molecule has 1 rings (SSSR count). The molecule has 5 nitrogen and oxygen atoms in total. The summed E-state index contributed by atoms with van der Waals surface area (Å²) in [5, 5.41) is 8.60. The summed E-state index contributed by atoms with van der Waals surface area (Å²) in [6, 6.07) is 1.55. The van der Waals surface area contributed by atoms with E-state index in [1.165, 1.54) is 20.3 Å². The van der Waals surface area contributed by atoms with Gasteiger partial charge in [0, 0.05) is 17.7 Å². The highest BCUT2D eigenvalue weighted by Gasteiger charge is 2.18. The van der Waals surface area contributed by atoms with Crippen LogP contribution in [0.5, 0.6) is 11.5 Å². The van der Waals surface area contributed by atoms with Gasteiger partial charge in [0.1, 0.15) is 5.82 Å². The molecule has 0 aromatic heterocycles. The Kier molecular flexibility index (Phi) is 4.28. The molecule has 0 radical (unpaired) electrons. The summed E-state index contributed by atoms with van der Waals surface area (Å²) in [4.78, 5) is 10.5. The van der Waals surface area contributed by atoms with Crippen LogP contribution in [0.15, 0.2) is 12.1 Å². The summed E-state index contributed by atoms with van der Waals surface area (Å²) in [6.07, 6.45) is -0.355. The molecule has 1 atom stereocenters. The molecule has 0 aliphatic heterocycles. The van der Waals surface area contributed by atoms with Gasteiger partial charge >= 0.3 is 5.97 Å². The second-order valence-electron chi connectivity index (χ2n) is 3.43. The number of nitrogens with two attached hydrogens (primary N) is 1. The number of methoxy groups -OCH3 is 2. The minimum Gasteiger partial charge on any atom is -0.493 e. The van der Waals surface area contributed by atoms with Gasteiger partial charge in [-0.3, -0.25) is 4.79 Å². The number of ether oxygens (including phenoxy) is 2. The number of carbonyl (C=O) groups is 1. The molecule has 0 spiro atoms. The standard InChI is InChI=1S/C11H14FNO4/c1-16-9-3-6(8(13)5-11(14)15)7(12)4-10(9)17-2/h3-4,8H,5,13H2,1-2H3,(H,14,15). The van der Waals surface area contributed by atoms with Gasteiger partial charge in [-0.05, 0) is 6.07 Å². The number of benzene rings is 1. The lowest BCUT2D eigenvalue weighted by Gasteiger charge is -2.14. The third kappa shape index (κ3) is 3.07. The number of carboxylic acids is 1. The summed E-state index contributed by atoms with van der Waals surface area (Å²) < 4.78 is 23.5. The molecular formula is C11H14FNO4. The Morgan fingerprint density at radius 3 is 2.41 bits per heavy atom. The SMILES string of the molecule is COc1cc(F)c(C(N)CC(=O)O)cc1OC. The lowest BCUT2D eigenvalue weighted by atomic mass is 10.0. The van der Waals surface area contributed by atoms with Gasteiger partial charge in [-0.2, -0.15) is 0 Å². The van der Waals surface area contributed by atoms with E-state index in [0.29, 0.717) is 5.75 Å². The molecule has 94 valence electrons. The summed E-state index contributed by atoms with van der Waals surface area (Å²) in [5.41, 5.74) is 5.68. The van der Waals surface area contributed by atoms with E-state index < -0.39 is 17.8 Å². The van der Waals surface area contributed by atoms with Gasteiger partial charge in [0.25, 0.3) is 0 Å². The Hall–Kier alpha value is -1.82. The second-order valence-corrected chi connectivity index (χ2v) is 3.43. The molecule has 1 aromatic rings. The molecule has 0 amide bonds. The van der Waals surface area contributed by atoms with Gasteiger partial charge in [0.15, 0.2) is 11.5 Å². The fourth-order valence-electron chi connectivity index (χ4n) is 1.45. The van der Waals surface area contributed by atoms with Crippen molar-refractivity contribution in [2.24, 2.45) is 5.73 Å². The Bertz CT molecular complexity index is 422. The second kappa shape index (κ2) is 5.49. The van der Waals surface area contributed by atoms with Crippen molar-refractivity contribution in [2.45, 2.75) is 12.5 Å². The Morgan fingerprint density at radius 1 is 1.41 bits per heavy atom. The van der Waals surface area contributed by atoms with Crippen LogP contribution >= 0.6 is 0 Å². The van der Waals surface area contributed by atoms with Crippen LogP contribution in [-0.2, 0) is 4.79 Å². The van der Waals surface area contributed by atoms with Crippen molar-refractivity contribution in [3.63, 3.8) is 0 Å². The summed E-state index contributed by atoms with van der Waals surface area (Å²) in [7, 11) is 2.79. The summed E-state index contributed by atoms with van der Waals surface area (Å²) >= 11 is 0. The predicted molar refractivity (Wildman–Crippen MR) is 58.7 cm³/mol. The van der Waals surface area contributed by atoms with E-state index in [1.807, 2.05) is 0 Å². The first-order chi connectivity index (χ1) is 7.99. The largest absolute Gasteiger partial charge is 0.493 e. The van der Waals surface area contributed by atoms with E-state index in [0.717, 1.165) is 6.07 Å². The van der Waals surface area contributed by atoms with E-state index in [4.69, 9.17) is 20.3 Å². The van der Waals surface area contributed by atoms with E-state index >= 15 is 0 Å². The zero-order chi connectivity index (χ0) is 13.0. The lowest BCUT2D eigenvalue weighted by Crippen LogP contribution is -2.16. The Labute approximate surface area is 97.9 Å². The molecule has 6 heteroatoms. The van der Waals surface area contributed by atoms with Crippen LogP contribution in [0.4, 0.5) is 4.39 Å². The number of aliphatic carboxylic acids is 1. The highest BCUT2D eigenvalue weighted by molar-refractivity contribution is 5.68. The van der Waals surface area contributed by atoms with Crippen LogP contribution in [0, 0.1) is 5.82 Å². The molecule has 1 unspecified atom stereocenters. The zero-order valence-corrected chi connectivity index (χ0v) is 9.57. The number of carboxylic acid groups (broad SMARTS) is 1. The van der Waals surface area contributed by atoms with E-state index in [1.54, 1.807) is 0 Å². The number of halogens is 1. The third-order valence-electron chi connectivity index (χ3n) is 2.30. The third-order valence-corrected chi connectivity index (χ3v) is 2.30. The van der Waals surface area contributed by atoms with Crippen molar-refractivity contribution in [3.8, 4) is 11.5 Å². The van der Waals surface area contributed by atoms with Gasteiger partial charge in [0.2, 0.25) is 0 Å². The summed E-state index contributed by atoms with van der Waals surface area (Å²) in [5.74, 6) is -1.16. The topological polar surface area (TPSA) is 81.8 Å². The van der Waals surface area contributed by atoms with Crippen molar-refractivity contribution in [2.75, 3.05) is 14.2 Å². The zero-order valence-electron chi connectivity index (χ0n) is 9.57. The summed E-state index contributed by atoms with van der Waals surface area (Å²) in [6.45, 7) is 0. The highest BCUT2D eigenvalue weighted by atomic mass is 19.1. The maximum atomic E-state index is 13.6. The monoisotopic (exact) mass is 243 g/mol. The van der Waals surface area contributed by atoms with Crippen LogP contribution in [0.25, 0.3) is 0 Å². The Morgan fingerprint density at radius 2 is 1.94 bits per heavy atom. The van der Waals surface area contributed by atoms with Gasteiger partial charge in [-0.1, -0.05) is 0 Å². The van der Waals surface area contributed by atoms with Crippen LogP contribution in [-0.4, -0.2) is 25.3 Å². The van der Waals surface area contributed by atoms with E-state index in [9.17, 15) is 9.18 Å². The average Bonchev–Trinajstić information content (AvgIpc) is 2.27. The van der Waals surface area contributed by atoms with Crippen LogP contribution in [0.1, 0.15) is 18.0 Å². The minimum absolute atomic E-state index is 0.0880. The first-order valence-corrected chi connectivity index (χ1v) is 4.88. The maximum Gasteiger partial charge on any atom is 0.305 e. The number of rotatable bonds is 5. The molecule has 0 saturated heterocycles. The van der Waals surface area contributed by atoms with Crippen LogP contribution < -0.4 is 15.2 Å². The van der Waals surface area contributed by atoms with Gasteiger partial charge < -0.3 is 20.3 Å². The van der Waals surface area contributed by atoms with Crippen molar-refractivity contribution >= 4 is 5.97 Å². The van der Waals surface area contributed by atoms with Gasteiger partial charge in [-0.25, -0.2) is 4.39 Å². The van der Waals surface area contributed by atoms with Crippen LogP contribution in [0.3, 0.4) is 0 Å². The number of hydrogen-bond donors (Lipinski definition) is 2. The molecule has 0 aliphatic rings. The molecule has 0 bridgehead atoms. The maximum absolute atomic E-state index is 13.6. The number of hydrogen-bond acceptors (Lipinski definition) is 4. The molecule has 0 heterocycles. The fraction of sp³-hybridized carbons (Fsp3) is 0.364. The average molecular weight is 243 g/mol. The van der Waals surface area contributed by atoms with Crippen molar-refractivity contribution in [1.29, 1.82) is 0 Å². The molecule has 0 fully saturated rings. The molecule has 0 saturated carbocycles. The normalized spacial score (nSPS) is 12.0. The molecular weight excluding hydrogens is 229 g/mol.